The first-order chi connectivity index (χ1) is 54.7. The lowest BCUT2D eigenvalue weighted by atomic mass is 10.1. The molecule has 1 amide bonds. The van der Waals surface area contributed by atoms with Crippen LogP contribution in [-0.2, 0) is 4.79 Å². The van der Waals surface area contributed by atoms with Gasteiger partial charge in [0, 0.05) is 102 Å². The van der Waals surface area contributed by atoms with Crippen molar-refractivity contribution in [3.63, 3.8) is 0 Å². The fourth-order valence-corrected chi connectivity index (χ4v) is 14.4. The molecule has 0 radical (unpaired) electrons. The van der Waals surface area contributed by atoms with E-state index in [0.717, 1.165) is 134 Å². The molecule has 0 fully saturated rings. The Bertz CT molecular complexity index is 5420. The van der Waals surface area contributed by atoms with Gasteiger partial charge in [-0.05, 0) is 156 Å². The van der Waals surface area contributed by atoms with Crippen LogP contribution in [0.25, 0.3) is 56.3 Å². The first-order valence-corrected chi connectivity index (χ1v) is 40.0. The minimum absolute atomic E-state index is 0.0924. The molecule has 580 valence electrons. The lowest BCUT2D eigenvalue weighted by Gasteiger charge is -2.10. The normalized spacial score (nSPS) is 10.7. The monoisotopic (exact) mass is 1610 g/mol. The third kappa shape index (κ3) is 24.8. The van der Waals surface area contributed by atoms with Crippen molar-refractivity contribution in [2.45, 2.75) is 61.8 Å². The quantitative estimate of drug-likeness (QED) is 0.0177. The molecular formula is C86H86FN13O8S5. The zero-order chi connectivity index (χ0) is 80.2. The van der Waals surface area contributed by atoms with Gasteiger partial charge in [-0.2, -0.15) is 5.10 Å². The second-order valence-electron chi connectivity index (χ2n) is 25.4. The Balaban J connectivity index is 0.000000150. The molecule has 113 heavy (non-hydrogen) atoms. The standard InChI is InChI=1S/C19H19N3O3S.C19H20N2O3S.C17H15N3O2S.C16H13FN2S.C15H19N3S/c1-12(23)20-14-5-7-15(8-6-14)21-19-22-16(11-26-19)13-4-9-17(24-2)18(10-13)25-3;1-4-24-16-8-6-5-7-14(16)20-19-21-15(12-25-19)13-9-10-17(22-2)18(11-13)23-3;1-11-5-3-4-6-14(11)18-17-19-15(10-23-17)13-8-7-12(2)16(9-13)20(21)22;1-11-2-4-12(5-3-11)15-10-20-16(19-15)18-14-8-6-13(17)7-9-14;1-11(2)9-12(3)17-18-15-16-14(10-19-15)13-7-5-4-6-8-13/h4-11H,1-3H3,(H,20,23)(H,21,22);5-12H,4H2,1-3H3,(H,20,21);3-10H,1-2H3,(H,18,19);2-10H,1H3,(H,18,19);4-8,10-11H,9H2,1-3H3,(H,16,18)/b;;;;17-12-. The van der Waals surface area contributed by atoms with Gasteiger partial charge in [0.1, 0.15) is 11.6 Å². The van der Waals surface area contributed by atoms with Crippen LogP contribution in [-0.4, -0.2) is 76.5 Å². The molecule has 9 aromatic carbocycles. The molecular weight excluding hydrogens is 1520 g/mol. The van der Waals surface area contributed by atoms with Crippen molar-refractivity contribution in [2.75, 3.05) is 67.1 Å². The maximum absolute atomic E-state index is 12.8. The van der Waals surface area contributed by atoms with Crippen molar-refractivity contribution < 1.29 is 37.8 Å². The highest BCUT2D eigenvalue weighted by molar-refractivity contribution is 7.15. The van der Waals surface area contributed by atoms with Crippen molar-refractivity contribution >= 4 is 128 Å². The van der Waals surface area contributed by atoms with Gasteiger partial charge in [-0.15, -0.1) is 56.7 Å². The van der Waals surface area contributed by atoms with Crippen LogP contribution in [0.2, 0.25) is 0 Å². The third-order valence-electron chi connectivity index (χ3n) is 16.4. The van der Waals surface area contributed by atoms with Crippen molar-refractivity contribution in [1.82, 2.24) is 24.9 Å². The molecule has 0 bridgehead atoms. The summed E-state index contributed by atoms with van der Waals surface area (Å²) in [6.45, 7) is 16.3. The van der Waals surface area contributed by atoms with E-state index < -0.39 is 0 Å². The molecule has 0 atom stereocenters. The van der Waals surface area contributed by atoms with Gasteiger partial charge >= 0.3 is 0 Å². The third-order valence-corrected chi connectivity index (χ3v) is 20.2. The second kappa shape index (κ2) is 41.6. The zero-order valence-electron chi connectivity index (χ0n) is 64.3. The second-order valence-corrected chi connectivity index (χ2v) is 29.7. The summed E-state index contributed by atoms with van der Waals surface area (Å²) in [4.78, 5) is 44.6. The Morgan fingerprint density at radius 2 is 0.876 bits per heavy atom. The maximum atomic E-state index is 12.8. The molecule has 27 heteroatoms. The van der Waals surface area contributed by atoms with E-state index in [4.69, 9.17) is 23.7 Å². The first-order valence-electron chi connectivity index (χ1n) is 35.6. The number of carbonyl (C=O) groups excluding carboxylic acids is 1. The van der Waals surface area contributed by atoms with E-state index in [1.807, 2.05) is 181 Å². The number of hydrazone groups is 1. The highest BCUT2D eigenvalue weighted by atomic mass is 32.1. The number of halogens is 1. The maximum Gasteiger partial charge on any atom is 0.272 e. The molecule has 21 nitrogen and oxygen atoms in total. The van der Waals surface area contributed by atoms with Gasteiger partial charge in [-0.3, -0.25) is 20.3 Å². The molecule has 14 rings (SSSR count). The number of methoxy groups -OCH3 is 4. The predicted octanol–water partition coefficient (Wildman–Crippen LogP) is 24.2. The molecule has 6 N–H and O–H groups in total. The van der Waals surface area contributed by atoms with Crippen LogP contribution in [0.1, 0.15) is 57.7 Å². The van der Waals surface area contributed by atoms with Crippen LogP contribution in [0.15, 0.2) is 238 Å². The van der Waals surface area contributed by atoms with E-state index in [1.165, 1.54) is 70.0 Å². The Hall–Kier alpha value is -12.4. The fraction of sp³-hybridized carbons (Fsp3) is 0.174. The summed E-state index contributed by atoms with van der Waals surface area (Å²) in [7, 11) is 6.47. The number of ether oxygens (including phenoxy) is 5. The van der Waals surface area contributed by atoms with E-state index in [0.29, 0.717) is 41.1 Å². The number of para-hydroxylation sites is 3. The van der Waals surface area contributed by atoms with Crippen molar-refractivity contribution in [3.05, 3.63) is 266 Å². The van der Waals surface area contributed by atoms with Crippen LogP contribution in [0.3, 0.4) is 0 Å². The van der Waals surface area contributed by atoms with Crippen LogP contribution in [0, 0.1) is 42.6 Å². The van der Waals surface area contributed by atoms with Crippen molar-refractivity contribution in [3.8, 4) is 85.0 Å². The molecule has 0 aliphatic carbocycles. The van der Waals surface area contributed by atoms with Gasteiger partial charge in [0.15, 0.2) is 43.5 Å². The number of amides is 1. The number of nitro groups is 1. The van der Waals surface area contributed by atoms with Gasteiger partial charge in [-0.1, -0.05) is 116 Å². The summed E-state index contributed by atoms with van der Waals surface area (Å²) in [6, 6.07) is 64.6. The SMILES string of the molecule is C/C(CC(C)C)=N/Nc1nc(-c2ccccc2)cs1.CCOc1ccccc1Nc1nc(-c2ccc(OC)c(OC)c2)cs1.COc1ccc(-c2csc(Nc3ccc(NC(C)=O)cc3)n2)cc1OC.Cc1ccc(-c2csc(Nc3ccc(F)cc3)n2)cc1.Cc1ccccc1Nc1nc(-c2ccc(C)c([N+](=O)[O-])c2)cs1. The smallest absolute Gasteiger partial charge is 0.272 e. The van der Waals surface area contributed by atoms with Gasteiger partial charge in [0.05, 0.1) is 74.1 Å². The number of nitrogens with one attached hydrogen (secondary N) is 6. The Labute approximate surface area is 676 Å². The van der Waals surface area contributed by atoms with Crippen molar-refractivity contribution in [1.29, 1.82) is 0 Å². The summed E-state index contributed by atoms with van der Waals surface area (Å²) in [5.41, 5.74) is 20.9. The molecule has 14 aromatic rings. The lowest BCUT2D eigenvalue weighted by molar-refractivity contribution is -0.385. The van der Waals surface area contributed by atoms with Crippen molar-refractivity contribution in [2.24, 2.45) is 11.0 Å². The lowest BCUT2D eigenvalue weighted by Crippen LogP contribution is -2.05. The average Bonchev–Trinajstić information content (AvgIpc) is 1.82. The number of aryl methyl sites for hydroxylation is 3. The predicted molar refractivity (Wildman–Crippen MR) is 465 cm³/mol. The number of benzene rings is 9. The number of carbonyl (C=O) groups is 1. The first kappa shape index (κ1) is 83.1. The Morgan fingerprint density at radius 1 is 0.460 bits per heavy atom. The summed E-state index contributed by atoms with van der Waals surface area (Å²) in [6.07, 6.45) is 1.00. The van der Waals surface area contributed by atoms with E-state index in [2.05, 4.69) is 119 Å². The van der Waals surface area contributed by atoms with E-state index in [1.54, 1.807) is 71.0 Å². The molecule has 5 aromatic heterocycles. The highest BCUT2D eigenvalue weighted by Crippen LogP contribution is 2.39. The van der Waals surface area contributed by atoms with Gasteiger partial charge < -0.3 is 50.3 Å². The molecule has 5 heterocycles. The molecule has 0 aliphatic rings. The molecule has 0 saturated carbocycles. The number of hydrogen-bond donors (Lipinski definition) is 6. The van der Waals surface area contributed by atoms with Crippen LogP contribution in [0.5, 0.6) is 28.7 Å². The van der Waals surface area contributed by atoms with Crippen LogP contribution in [0.4, 0.5) is 64.2 Å². The summed E-state index contributed by atoms with van der Waals surface area (Å²) < 4.78 is 39.7. The van der Waals surface area contributed by atoms with E-state index in [-0.39, 0.29) is 22.3 Å². The number of anilines is 10. The van der Waals surface area contributed by atoms with E-state index in [9.17, 15) is 19.3 Å². The summed E-state index contributed by atoms with van der Waals surface area (Å²) >= 11 is 7.63. The molecule has 0 unspecified atom stereocenters. The minimum Gasteiger partial charge on any atom is -0.493 e. The van der Waals surface area contributed by atoms with Crippen LogP contribution >= 0.6 is 56.7 Å². The topological polar surface area (TPSA) is 255 Å². The number of aromatic nitrogens is 5. The van der Waals surface area contributed by atoms with Gasteiger partial charge in [-0.25, -0.2) is 29.3 Å². The Kier molecular flexibility index (Phi) is 30.6. The van der Waals surface area contributed by atoms with E-state index >= 15 is 0 Å². The highest BCUT2D eigenvalue weighted by Gasteiger charge is 2.17. The Morgan fingerprint density at radius 3 is 1.37 bits per heavy atom. The number of hydrogen-bond acceptors (Lipinski definition) is 24. The summed E-state index contributed by atoms with van der Waals surface area (Å²) in [5, 5.41) is 45.1. The number of nitro benzene ring substituents is 1. The molecule has 0 aliphatic heterocycles. The largest absolute Gasteiger partial charge is 0.493 e. The fourth-order valence-electron chi connectivity index (χ4n) is 10.8. The van der Waals surface area contributed by atoms with Gasteiger partial charge in [0.25, 0.3) is 5.69 Å². The average molecular weight is 1610 g/mol. The molecule has 0 spiro atoms. The number of nitrogens with zero attached hydrogens (tertiary/aromatic N) is 7. The summed E-state index contributed by atoms with van der Waals surface area (Å²) in [5.74, 6) is 3.84. The number of thiazole rings is 5. The number of rotatable bonds is 25. The van der Waals surface area contributed by atoms with Gasteiger partial charge in [0.2, 0.25) is 11.0 Å². The minimum atomic E-state index is -0.363. The van der Waals surface area contributed by atoms with Crippen LogP contribution < -0.4 is 55.7 Å². The zero-order valence-corrected chi connectivity index (χ0v) is 68.4. The molecule has 0 saturated heterocycles.